The molecule has 0 amide bonds. The van der Waals surface area contributed by atoms with Crippen LogP contribution in [0.3, 0.4) is 0 Å². The van der Waals surface area contributed by atoms with E-state index >= 15 is 0 Å². The molecule has 0 saturated heterocycles. The zero-order chi connectivity index (χ0) is 9.19. The van der Waals surface area contributed by atoms with Crippen LogP contribution in [0.15, 0.2) is 24.3 Å². The van der Waals surface area contributed by atoms with Gasteiger partial charge in [0, 0.05) is 12.1 Å². The molecule has 0 heterocycles. The second kappa shape index (κ2) is 3.44. The largest absolute Gasteiger partial charge is 0.360 e. The third-order valence-corrected chi connectivity index (χ3v) is 2.06. The van der Waals surface area contributed by atoms with Gasteiger partial charge in [0.25, 0.3) is 0 Å². The van der Waals surface area contributed by atoms with Crippen molar-refractivity contribution in [1.29, 1.82) is 0 Å². The van der Waals surface area contributed by atoms with Crippen molar-refractivity contribution in [2.75, 3.05) is 7.11 Å². The van der Waals surface area contributed by atoms with E-state index in [1.807, 2.05) is 12.1 Å². The van der Waals surface area contributed by atoms with Crippen molar-refractivity contribution in [1.82, 2.24) is 0 Å². The van der Waals surface area contributed by atoms with Gasteiger partial charge in [0.2, 0.25) is 0 Å². The lowest BCUT2D eigenvalue weighted by Gasteiger charge is -2.23. The predicted octanol–water partition coefficient (Wildman–Crippen LogP) is 2.12. The number of nitrogens with two attached hydrogens (primary N) is 1. The summed E-state index contributed by atoms with van der Waals surface area (Å²) in [7, 11) is 1.57. The topological polar surface area (TPSA) is 35.2 Å². The highest BCUT2D eigenvalue weighted by molar-refractivity contribution is 6.30. The first-order chi connectivity index (χ1) is 5.56. The highest BCUT2D eigenvalue weighted by Crippen LogP contribution is 2.21. The Hall–Kier alpha value is -0.570. The molecule has 0 aliphatic carbocycles. The number of halogens is 1. The van der Waals surface area contributed by atoms with Gasteiger partial charge in [-0.15, -0.1) is 0 Å². The summed E-state index contributed by atoms with van der Waals surface area (Å²) in [6.45, 7) is 1.79. The summed E-state index contributed by atoms with van der Waals surface area (Å²) in [6.07, 6.45) is 0. The molecule has 3 heteroatoms. The standard InChI is InChI=1S/C9H12ClNO/c1-9(11,12-2)7-4-3-5-8(10)6-7/h3-6H,11H2,1-2H3. The molecule has 0 aliphatic heterocycles. The molecule has 2 N–H and O–H groups in total. The first kappa shape index (κ1) is 9.52. The lowest BCUT2D eigenvalue weighted by molar-refractivity contribution is 0.00770. The van der Waals surface area contributed by atoms with E-state index in [-0.39, 0.29) is 0 Å². The van der Waals surface area contributed by atoms with Crippen molar-refractivity contribution in [2.24, 2.45) is 5.73 Å². The highest BCUT2D eigenvalue weighted by atomic mass is 35.5. The maximum absolute atomic E-state index is 5.83. The maximum atomic E-state index is 5.83. The van der Waals surface area contributed by atoms with Crippen molar-refractivity contribution in [2.45, 2.75) is 12.6 Å². The summed E-state index contributed by atoms with van der Waals surface area (Å²) in [6, 6.07) is 7.33. The van der Waals surface area contributed by atoms with E-state index in [0.717, 1.165) is 5.56 Å². The lowest BCUT2D eigenvalue weighted by atomic mass is 10.1. The van der Waals surface area contributed by atoms with Crippen LogP contribution >= 0.6 is 11.6 Å². The van der Waals surface area contributed by atoms with E-state index in [4.69, 9.17) is 22.1 Å². The Morgan fingerprint density at radius 3 is 2.67 bits per heavy atom. The highest BCUT2D eigenvalue weighted by Gasteiger charge is 2.19. The van der Waals surface area contributed by atoms with Crippen LogP contribution in [-0.2, 0) is 10.5 Å². The number of rotatable bonds is 2. The maximum Gasteiger partial charge on any atom is 0.139 e. The van der Waals surface area contributed by atoms with Crippen molar-refractivity contribution < 1.29 is 4.74 Å². The number of methoxy groups -OCH3 is 1. The first-order valence-electron chi connectivity index (χ1n) is 3.66. The Morgan fingerprint density at radius 1 is 1.50 bits per heavy atom. The lowest BCUT2D eigenvalue weighted by Crippen LogP contribution is -2.34. The molecule has 1 rings (SSSR count). The average molecular weight is 186 g/mol. The average Bonchev–Trinajstić information content (AvgIpc) is 2.05. The molecule has 1 aromatic carbocycles. The van der Waals surface area contributed by atoms with E-state index in [2.05, 4.69) is 0 Å². The monoisotopic (exact) mass is 185 g/mol. The van der Waals surface area contributed by atoms with Gasteiger partial charge in [0.15, 0.2) is 0 Å². The third kappa shape index (κ3) is 1.97. The normalized spacial score (nSPS) is 15.7. The van der Waals surface area contributed by atoms with Crippen LogP contribution in [0.4, 0.5) is 0 Å². The van der Waals surface area contributed by atoms with Gasteiger partial charge in [0.05, 0.1) is 0 Å². The Morgan fingerprint density at radius 2 is 2.17 bits per heavy atom. The van der Waals surface area contributed by atoms with Crippen LogP contribution in [0.1, 0.15) is 12.5 Å². The number of hydrogen-bond acceptors (Lipinski definition) is 2. The summed E-state index contributed by atoms with van der Waals surface area (Å²) in [5.74, 6) is 0. The molecule has 0 bridgehead atoms. The van der Waals surface area contributed by atoms with Gasteiger partial charge in [-0.2, -0.15) is 0 Å². The van der Waals surface area contributed by atoms with Crippen LogP contribution in [0.25, 0.3) is 0 Å². The molecule has 66 valence electrons. The van der Waals surface area contributed by atoms with Crippen molar-refractivity contribution in [3.05, 3.63) is 34.9 Å². The fourth-order valence-corrected chi connectivity index (χ4v) is 1.11. The summed E-state index contributed by atoms with van der Waals surface area (Å²) in [5.41, 5.74) is 5.94. The molecule has 1 atom stereocenters. The second-order valence-corrected chi connectivity index (χ2v) is 3.26. The van der Waals surface area contributed by atoms with E-state index in [1.165, 1.54) is 0 Å². The SMILES string of the molecule is COC(C)(N)c1cccc(Cl)c1. The molecular weight excluding hydrogens is 174 g/mol. The van der Waals surface area contributed by atoms with E-state index in [0.29, 0.717) is 5.02 Å². The van der Waals surface area contributed by atoms with Gasteiger partial charge in [0.1, 0.15) is 5.72 Å². The van der Waals surface area contributed by atoms with Gasteiger partial charge in [-0.3, -0.25) is 5.73 Å². The van der Waals surface area contributed by atoms with Crippen LogP contribution in [-0.4, -0.2) is 7.11 Å². The van der Waals surface area contributed by atoms with Gasteiger partial charge in [-0.05, 0) is 24.6 Å². The molecule has 2 nitrogen and oxygen atoms in total. The van der Waals surface area contributed by atoms with Gasteiger partial charge >= 0.3 is 0 Å². The minimum absolute atomic E-state index is 0.668. The fourth-order valence-electron chi connectivity index (χ4n) is 0.915. The third-order valence-electron chi connectivity index (χ3n) is 1.82. The Kier molecular flexibility index (Phi) is 2.73. The molecule has 0 fully saturated rings. The Bertz CT molecular complexity index is 273. The van der Waals surface area contributed by atoms with Crippen LogP contribution < -0.4 is 5.73 Å². The minimum atomic E-state index is -0.759. The van der Waals surface area contributed by atoms with Gasteiger partial charge in [-0.25, -0.2) is 0 Å². The molecule has 0 radical (unpaired) electrons. The molecule has 0 aliphatic rings. The van der Waals surface area contributed by atoms with Crippen LogP contribution in [0, 0.1) is 0 Å². The summed E-state index contributed by atoms with van der Waals surface area (Å²) in [4.78, 5) is 0. The van der Waals surface area contributed by atoms with E-state index in [1.54, 1.807) is 26.2 Å². The van der Waals surface area contributed by atoms with E-state index in [9.17, 15) is 0 Å². The Balaban J connectivity index is 3.03. The number of ether oxygens (including phenoxy) is 1. The summed E-state index contributed by atoms with van der Waals surface area (Å²) < 4.78 is 5.10. The summed E-state index contributed by atoms with van der Waals surface area (Å²) >= 11 is 5.80. The second-order valence-electron chi connectivity index (χ2n) is 2.82. The predicted molar refractivity (Wildman–Crippen MR) is 50.0 cm³/mol. The fraction of sp³-hybridized carbons (Fsp3) is 0.333. The van der Waals surface area contributed by atoms with Crippen molar-refractivity contribution in [3.8, 4) is 0 Å². The van der Waals surface area contributed by atoms with Gasteiger partial charge < -0.3 is 4.74 Å². The van der Waals surface area contributed by atoms with Crippen molar-refractivity contribution in [3.63, 3.8) is 0 Å². The quantitative estimate of drug-likeness (QED) is 0.717. The first-order valence-corrected chi connectivity index (χ1v) is 4.04. The van der Waals surface area contributed by atoms with Crippen LogP contribution in [0.5, 0.6) is 0 Å². The molecule has 0 saturated carbocycles. The molecule has 1 unspecified atom stereocenters. The summed E-state index contributed by atoms with van der Waals surface area (Å²) in [5, 5.41) is 0.668. The smallest absolute Gasteiger partial charge is 0.139 e. The molecule has 0 aromatic heterocycles. The zero-order valence-electron chi connectivity index (χ0n) is 7.17. The minimum Gasteiger partial charge on any atom is -0.360 e. The van der Waals surface area contributed by atoms with Gasteiger partial charge in [-0.1, -0.05) is 23.7 Å². The molecule has 1 aromatic rings. The molecule has 0 spiro atoms. The molecule has 12 heavy (non-hydrogen) atoms. The van der Waals surface area contributed by atoms with E-state index < -0.39 is 5.72 Å². The number of hydrogen-bond donors (Lipinski definition) is 1. The molecular formula is C9H12ClNO. The Labute approximate surface area is 77.3 Å². The zero-order valence-corrected chi connectivity index (χ0v) is 7.93. The van der Waals surface area contributed by atoms with Crippen molar-refractivity contribution >= 4 is 11.6 Å². The van der Waals surface area contributed by atoms with Crippen LogP contribution in [0.2, 0.25) is 5.02 Å². The number of benzene rings is 1.